The van der Waals surface area contributed by atoms with Crippen molar-refractivity contribution in [2.75, 3.05) is 6.54 Å². The van der Waals surface area contributed by atoms with Crippen molar-refractivity contribution in [3.8, 4) is 0 Å². The van der Waals surface area contributed by atoms with Crippen LogP contribution in [0.2, 0.25) is 0 Å². The number of carbonyl (C=O) groups excluding carboxylic acids is 1. The lowest BCUT2D eigenvalue weighted by molar-refractivity contribution is -0.120. The summed E-state index contributed by atoms with van der Waals surface area (Å²) in [6, 6.07) is 0. The molecule has 3 fully saturated rings. The molecule has 2 aliphatic carbocycles. The lowest BCUT2D eigenvalue weighted by atomic mass is 9.81. The number of hydrogen-bond acceptors (Lipinski definition) is 1. The van der Waals surface area contributed by atoms with Crippen LogP contribution in [0.25, 0.3) is 0 Å². The Kier molecular flexibility index (Phi) is 1.86. The van der Waals surface area contributed by atoms with Crippen molar-refractivity contribution >= 4 is 5.91 Å². The van der Waals surface area contributed by atoms with Gasteiger partial charge in [0.05, 0.1) is 0 Å². The molecule has 2 unspecified atom stereocenters. The molecule has 2 saturated carbocycles. The predicted octanol–water partition coefficient (Wildman–Crippen LogP) is 2.09. The lowest BCUT2D eigenvalue weighted by Crippen LogP contribution is -2.22. The monoisotopic (exact) mass is 193 g/mol. The summed E-state index contributed by atoms with van der Waals surface area (Å²) in [7, 11) is 0. The van der Waals surface area contributed by atoms with Crippen molar-refractivity contribution in [2.45, 2.75) is 44.9 Å². The molecule has 0 radical (unpaired) electrons. The summed E-state index contributed by atoms with van der Waals surface area (Å²) in [4.78, 5) is 11.4. The van der Waals surface area contributed by atoms with E-state index >= 15 is 0 Å². The molecule has 2 atom stereocenters. The Balaban J connectivity index is 1.60. The molecule has 0 aromatic heterocycles. The average Bonchev–Trinajstić information content (AvgIpc) is 2.84. The third-order valence-corrected chi connectivity index (χ3v) is 4.54. The first-order valence-corrected chi connectivity index (χ1v) is 6.08. The Morgan fingerprint density at radius 2 is 2.07 bits per heavy atom. The van der Waals surface area contributed by atoms with Crippen LogP contribution in [0.15, 0.2) is 0 Å². The molecule has 3 aliphatic rings. The second-order valence-corrected chi connectivity index (χ2v) is 5.55. The number of carbonyl (C=O) groups is 1. The topological polar surface area (TPSA) is 29.1 Å². The van der Waals surface area contributed by atoms with E-state index in [0.717, 1.165) is 12.5 Å². The Bertz CT molecular complexity index is 257. The van der Waals surface area contributed by atoms with Gasteiger partial charge in [0, 0.05) is 17.9 Å². The molecular weight excluding hydrogens is 174 g/mol. The highest BCUT2D eigenvalue weighted by Crippen LogP contribution is 2.60. The van der Waals surface area contributed by atoms with Gasteiger partial charge in [-0.15, -0.1) is 0 Å². The molecule has 0 spiro atoms. The summed E-state index contributed by atoms with van der Waals surface area (Å²) in [6.45, 7) is 0.979. The van der Waals surface area contributed by atoms with Crippen LogP contribution >= 0.6 is 0 Å². The van der Waals surface area contributed by atoms with Crippen molar-refractivity contribution in [1.82, 2.24) is 5.32 Å². The van der Waals surface area contributed by atoms with Crippen LogP contribution in [0, 0.1) is 17.3 Å². The highest BCUT2D eigenvalue weighted by atomic mass is 16.2. The molecule has 78 valence electrons. The molecule has 1 amide bonds. The summed E-state index contributed by atoms with van der Waals surface area (Å²) in [5.74, 6) is 1.67. The number of fused-ring (bicyclic) bond motifs is 1. The number of piperidine rings is 1. The van der Waals surface area contributed by atoms with E-state index in [1.165, 1.54) is 44.9 Å². The van der Waals surface area contributed by atoms with E-state index in [-0.39, 0.29) is 0 Å². The maximum atomic E-state index is 11.4. The molecule has 0 bridgehead atoms. The number of hydrogen-bond donors (Lipinski definition) is 1. The van der Waals surface area contributed by atoms with Gasteiger partial charge in [-0.2, -0.15) is 0 Å². The lowest BCUT2D eigenvalue weighted by Gasteiger charge is -2.25. The first-order valence-electron chi connectivity index (χ1n) is 6.08. The largest absolute Gasteiger partial charge is 0.355 e. The predicted molar refractivity (Wildman–Crippen MR) is 54.7 cm³/mol. The van der Waals surface area contributed by atoms with Gasteiger partial charge in [-0.3, -0.25) is 4.79 Å². The fraction of sp³-hybridized carbons (Fsp3) is 0.917. The van der Waals surface area contributed by atoms with E-state index in [9.17, 15) is 4.79 Å². The van der Waals surface area contributed by atoms with Gasteiger partial charge in [-0.05, 0) is 18.8 Å². The first kappa shape index (κ1) is 8.75. The van der Waals surface area contributed by atoms with Gasteiger partial charge in [0.15, 0.2) is 0 Å². The van der Waals surface area contributed by atoms with E-state index in [1.807, 2.05) is 0 Å². The SMILES string of the molecule is O=C1NCC2(CC3CCCCC3)CC12. The van der Waals surface area contributed by atoms with Crippen molar-refractivity contribution in [1.29, 1.82) is 0 Å². The molecule has 2 heteroatoms. The standard InChI is InChI=1S/C12H19NO/c14-11-10-7-12(10,8-13-11)6-9-4-2-1-3-5-9/h9-10H,1-8H2,(H,13,14). The Labute approximate surface area is 85.4 Å². The summed E-state index contributed by atoms with van der Waals surface area (Å²) >= 11 is 0. The third-order valence-electron chi connectivity index (χ3n) is 4.54. The van der Waals surface area contributed by atoms with Gasteiger partial charge < -0.3 is 5.32 Å². The van der Waals surface area contributed by atoms with Crippen LogP contribution in [0.3, 0.4) is 0 Å². The normalized spacial score (nSPS) is 42.0. The van der Waals surface area contributed by atoms with Crippen molar-refractivity contribution in [2.24, 2.45) is 17.3 Å². The quantitative estimate of drug-likeness (QED) is 0.715. The van der Waals surface area contributed by atoms with E-state index < -0.39 is 0 Å². The minimum Gasteiger partial charge on any atom is -0.355 e. The first-order chi connectivity index (χ1) is 6.80. The zero-order chi connectivity index (χ0) is 9.60. The molecule has 0 aromatic carbocycles. The Hall–Kier alpha value is -0.530. The minimum absolute atomic E-state index is 0.334. The summed E-state index contributed by atoms with van der Waals surface area (Å²) in [5, 5.41) is 3.01. The highest BCUT2D eigenvalue weighted by Gasteiger charge is 2.62. The Morgan fingerprint density at radius 3 is 2.64 bits per heavy atom. The molecular formula is C12H19NO. The molecule has 2 nitrogen and oxygen atoms in total. The second-order valence-electron chi connectivity index (χ2n) is 5.55. The number of nitrogens with one attached hydrogen (secondary N) is 1. The van der Waals surface area contributed by atoms with Gasteiger partial charge in [0.1, 0.15) is 0 Å². The average molecular weight is 193 g/mol. The maximum absolute atomic E-state index is 11.4. The zero-order valence-corrected chi connectivity index (χ0v) is 8.72. The van der Waals surface area contributed by atoms with Crippen LogP contribution in [0.5, 0.6) is 0 Å². The van der Waals surface area contributed by atoms with Gasteiger partial charge in [-0.25, -0.2) is 0 Å². The van der Waals surface area contributed by atoms with Gasteiger partial charge in [0.25, 0.3) is 0 Å². The molecule has 1 aliphatic heterocycles. The van der Waals surface area contributed by atoms with Crippen LogP contribution in [-0.4, -0.2) is 12.5 Å². The fourth-order valence-corrected chi connectivity index (χ4v) is 3.56. The van der Waals surface area contributed by atoms with Gasteiger partial charge in [0.2, 0.25) is 5.91 Å². The fourth-order valence-electron chi connectivity index (χ4n) is 3.56. The van der Waals surface area contributed by atoms with E-state index in [2.05, 4.69) is 5.32 Å². The van der Waals surface area contributed by atoms with Gasteiger partial charge >= 0.3 is 0 Å². The van der Waals surface area contributed by atoms with Gasteiger partial charge in [-0.1, -0.05) is 32.1 Å². The van der Waals surface area contributed by atoms with Crippen LogP contribution < -0.4 is 5.32 Å². The molecule has 1 saturated heterocycles. The van der Waals surface area contributed by atoms with Crippen molar-refractivity contribution in [3.63, 3.8) is 0 Å². The molecule has 3 rings (SSSR count). The van der Waals surface area contributed by atoms with Crippen LogP contribution in [0.1, 0.15) is 44.9 Å². The minimum atomic E-state index is 0.334. The molecule has 14 heavy (non-hydrogen) atoms. The molecule has 0 aromatic rings. The molecule has 1 heterocycles. The smallest absolute Gasteiger partial charge is 0.223 e. The maximum Gasteiger partial charge on any atom is 0.223 e. The zero-order valence-electron chi connectivity index (χ0n) is 8.72. The number of rotatable bonds is 2. The van der Waals surface area contributed by atoms with Crippen molar-refractivity contribution in [3.05, 3.63) is 0 Å². The van der Waals surface area contributed by atoms with E-state index in [4.69, 9.17) is 0 Å². The highest BCUT2D eigenvalue weighted by molar-refractivity contribution is 5.85. The van der Waals surface area contributed by atoms with Crippen LogP contribution in [0.4, 0.5) is 0 Å². The van der Waals surface area contributed by atoms with Crippen molar-refractivity contribution < 1.29 is 4.79 Å². The second kappa shape index (κ2) is 2.98. The van der Waals surface area contributed by atoms with E-state index in [1.54, 1.807) is 0 Å². The third kappa shape index (κ3) is 1.27. The summed E-state index contributed by atoms with van der Waals surface area (Å²) < 4.78 is 0. The molecule has 1 N–H and O–H groups in total. The Morgan fingerprint density at radius 1 is 1.29 bits per heavy atom. The number of amides is 1. The van der Waals surface area contributed by atoms with E-state index in [0.29, 0.717) is 17.2 Å². The summed E-state index contributed by atoms with van der Waals surface area (Å²) in [5.41, 5.74) is 0.430. The summed E-state index contributed by atoms with van der Waals surface area (Å²) in [6.07, 6.45) is 9.64. The van der Waals surface area contributed by atoms with Crippen LogP contribution in [-0.2, 0) is 4.79 Å².